The molecule has 1 aromatic rings. The minimum absolute atomic E-state index is 0.0261. The van der Waals surface area contributed by atoms with Crippen LogP contribution in [0.4, 0.5) is 13.6 Å². The summed E-state index contributed by atoms with van der Waals surface area (Å²) in [4.78, 5) is 11.9. The number of alkyl halides is 2. The first kappa shape index (κ1) is 18.4. The number of amides is 2. The highest BCUT2D eigenvalue weighted by atomic mass is 19.3. The minimum Gasteiger partial charge on any atom is -0.435 e. The van der Waals surface area contributed by atoms with E-state index in [0.29, 0.717) is 11.5 Å². The number of aliphatic hydroxyl groups excluding tert-OH is 1. The molecule has 0 radical (unpaired) electrons. The number of hydrogen-bond donors (Lipinski definition) is 3. The summed E-state index contributed by atoms with van der Waals surface area (Å²) < 4.78 is 28.4. The van der Waals surface area contributed by atoms with Gasteiger partial charge in [-0.25, -0.2) is 4.79 Å². The Bertz CT molecular complexity index is 517. The zero-order chi connectivity index (χ0) is 17.5. The van der Waals surface area contributed by atoms with Crippen LogP contribution in [-0.4, -0.2) is 30.3 Å². The van der Waals surface area contributed by atoms with E-state index in [1.165, 1.54) is 24.3 Å². The highest BCUT2D eigenvalue weighted by molar-refractivity contribution is 5.74. The molecule has 1 fully saturated rings. The number of halogens is 2. The van der Waals surface area contributed by atoms with Crippen molar-refractivity contribution < 1.29 is 23.4 Å². The first-order chi connectivity index (χ1) is 11.4. The summed E-state index contributed by atoms with van der Waals surface area (Å²) in [6, 6.07) is 5.58. The van der Waals surface area contributed by atoms with Crippen molar-refractivity contribution in [3.63, 3.8) is 0 Å². The Morgan fingerprint density at radius 3 is 2.46 bits per heavy atom. The van der Waals surface area contributed by atoms with Gasteiger partial charge in [-0.15, -0.1) is 0 Å². The molecule has 134 valence electrons. The van der Waals surface area contributed by atoms with Gasteiger partial charge in [0.05, 0.1) is 6.10 Å². The zero-order valence-corrected chi connectivity index (χ0v) is 13.7. The van der Waals surface area contributed by atoms with Gasteiger partial charge >= 0.3 is 12.6 Å². The molecule has 0 bridgehead atoms. The molecule has 1 saturated carbocycles. The van der Waals surface area contributed by atoms with Crippen LogP contribution in [0.15, 0.2) is 24.3 Å². The quantitative estimate of drug-likeness (QED) is 0.743. The smallest absolute Gasteiger partial charge is 0.387 e. The van der Waals surface area contributed by atoms with Crippen LogP contribution < -0.4 is 15.4 Å². The maximum Gasteiger partial charge on any atom is 0.387 e. The van der Waals surface area contributed by atoms with Gasteiger partial charge in [0, 0.05) is 12.6 Å². The second kappa shape index (κ2) is 8.82. The molecule has 1 aromatic carbocycles. The first-order valence-electron chi connectivity index (χ1n) is 8.21. The van der Waals surface area contributed by atoms with Crippen LogP contribution in [-0.2, 0) is 0 Å². The van der Waals surface area contributed by atoms with Crippen LogP contribution in [0.25, 0.3) is 0 Å². The van der Waals surface area contributed by atoms with Gasteiger partial charge in [0.15, 0.2) is 0 Å². The first-order valence-corrected chi connectivity index (χ1v) is 8.21. The Hall–Kier alpha value is -1.89. The predicted molar refractivity (Wildman–Crippen MR) is 86.0 cm³/mol. The van der Waals surface area contributed by atoms with Gasteiger partial charge < -0.3 is 20.5 Å². The van der Waals surface area contributed by atoms with Crippen molar-refractivity contribution in [3.8, 4) is 5.75 Å². The maximum atomic E-state index is 12.1. The van der Waals surface area contributed by atoms with Gasteiger partial charge in [0.1, 0.15) is 5.75 Å². The van der Waals surface area contributed by atoms with Gasteiger partial charge in [-0.2, -0.15) is 8.78 Å². The van der Waals surface area contributed by atoms with Crippen molar-refractivity contribution in [3.05, 3.63) is 29.8 Å². The summed E-state index contributed by atoms with van der Waals surface area (Å²) in [5.74, 6) is 0.739. The van der Waals surface area contributed by atoms with Crippen LogP contribution in [0.1, 0.15) is 44.3 Å². The number of urea groups is 1. The number of ether oxygens (including phenoxy) is 1. The Labute approximate surface area is 140 Å². The molecule has 0 aromatic heterocycles. The summed E-state index contributed by atoms with van der Waals surface area (Å²) in [6.45, 7) is -0.622. The minimum atomic E-state index is -2.88. The third-order valence-electron chi connectivity index (χ3n) is 4.30. The van der Waals surface area contributed by atoms with Gasteiger partial charge in [0.25, 0.3) is 0 Å². The molecule has 2 rings (SSSR count). The lowest BCUT2D eigenvalue weighted by Gasteiger charge is -2.27. The normalized spacial score (nSPS) is 22.0. The molecule has 1 aliphatic rings. The average molecular weight is 342 g/mol. The zero-order valence-electron chi connectivity index (χ0n) is 13.7. The Morgan fingerprint density at radius 1 is 1.25 bits per heavy atom. The number of hydrogen-bond acceptors (Lipinski definition) is 3. The van der Waals surface area contributed by atoms with Crippen LogP contribution in [0.2, 0.25) is 0 Å². The van der Waals surface area contributed by atoms with Crippen LogP contribution in [0, 0.1) is 5.92 Å². The number of nitrogens with one attached hydrogen (secondary N) is 2. The standard InChI is InChI=1S/C17H24F2N2O3/c1-11-2-6-13(7-3-11)21-17(23)20-10-15(22)12-4-8-14(9-5-12)24-16(18)19/h4-5,8-9,11,13,15-16,22H,2-3,6-7,10H2,1H3,(H2,20,21,23). The van der Waals surface area contributed by atoms with E-state index >= 15 is 0 Å². The van der Waals surface area contributed by atoms with Crippen molar-refractivity contribution in [2.75, 3.05) is 6.54 Å². The third-order valence-corrected chi connectivity index (χ3v) is 4.30. The maximum absolute atomic E-state index is 12.1. The van der Waals surface area contributed by atoms with Crippen LogP contribution in [0.3, 0.4) is 0 Å². The van der Waals surface area contributed by atoms with E-state index in [2.05, 4.69) is 22.3 Å². The van der Waals surface area contributed by atoms with E-state index in [1.807, 2.05) is 0 Å². The van der Waals surface area contributed by atoms with Gasteiger partial charge in [0.2, 0.25) is 0 Å². The van der Waals surface area contributed by atoms with Crippen LogP contribution in [0.5, 0.6) is 5.75 Å². The molecule has 7 heteroatoms. The molecule has 0 saturated heterocycles. The largest absolute Gasteiger partial charge is 0.435 e. The Morgan fingerprint density at radius 2 is 1.88 bits per heavy atom. The summed E-state index contributed by atoms with van der Waals surface area (Å²) >= 11 is 0. The molecule has 0 aliphatic heterocycles. The Kier molecular flexibility index (Phi) is 6.78. The molecular formula is C17H24F2N2O3. The van der Waals surface area contributed by atoms with E-state index < -0.39 is 12.7 Å². The van der Waals surface area contributed by atoms with E-state index in [0.717, 1.165) is 25.7 Å². The topological polar surface area (TPSA) is 70.6 Å². The molecule has 1 atom stereocenters. The van der Waals surface area contributed by atoms with Crippen molar-refractivity contribution in [1.82, 2.24) is 10.6 Å². The Balaban J connectivity index is 1.73. The fraction of sp³-hybridized carbons (Fsp3) is 0.588. The highest BCUT2D eigenvalue weighted by Crippen LogP contribution is 2.23. The number of carbonyl (C=O) groups excluding carboxylic acids is 1. The van der Waals surface area contributed by atoms with Crippen LogP contribution >= 0.6 is 0 Å². The highest BCUT2D eigenvalue weighted by Gasteiger charge is 2.20. The third kappa shape index (κ3) is 5.96. The van der Waals surface area contributed by atoms with E-state index in [9.17, 15) is 18.7 Å². The molecule has 0 heterocycles. The van der Waals surface area contributed by atoms with E-state index in [1.54, 1.807) is 0 Å². The SMILES string of the molecule is CC1CCC(NC(=O)NCC(O)c2ccc(OC(F)F)cc2)CC1. The molecule has 3 N–H and O–H groups in total. The average Bonchev–Trinajstić information content (AvgIpc) is 2.55. The molecule has 24 heavy (non-hydrogen) atoms. The molecule has 2 amide bonds. The lowest BCUT2D eigenvalue weighted by atomic mass is 9.87. The molecular weight excluding hydrogens is 318 g/mol. The summed E-state index contributed by atoms with van der Waals surface area (Å²) in [5.41, 5.74) is 0.517. The second-order valence-electron chi connectivity index (χ2n) is 6.27. The van der Waals surface area contributed by atoms with Gasteiger partial charge in [-0.05, 0) is 49.3 Å². The van der Waals surface area contributed by atoms with Crippen molar-refractivity contribution in [2.45, 2.75) is 51.4 Å². The van der Waals surface area contributed by atoms with Crippen molar-refractivity contribution in [2.24, 2.45) is 5.92 Å². The molecule has 1 unspecified atom stereocenters. The van der Waals surface area contributed by atoms with E-state index in [-0.39, 0.29) is 24.4 Å². The summed E-state index contributed by atoms with van der Waals surface area (Å²) in [7, 11) is 0. The molecule has 5 nitrogen and oxygen atoms in total. The van der Waals surface area contributed by atoms with Crippen molar-refractivity contribution in [1.29, 1.82) is 0 Å². The summed E-state index contributed by atoms with van der Waals surface area (Å²) in [6.07, 6.45) is 3.26. The lowest BCUT2D eigenvalue weighted by Crippen LogP contribution is -2.44. The van der Waals surface area contributed by atoms with E-state index in [4.69, 9.17) is 0 Å². The van der Waals surface area contributed by atoms with Crippen molar-refractivity contribution >= 4 is 6.03 Å². The monoisotopic (exact) mass is 342 g/mol. The molecule has 0 spiro atoms. The van der Waals surface area contributed by atoms with Gasteiger partial charge in [-0.3, -0.25) is 0 Å². The summed E-state index contributed by atoms with van der Waals surface area (Å²) in [5, 5.41) is 15.6. The van der Waals surface area contributed by atoms with Gasteiger partial charge in [-0.1, -0.05) is 19.1 Å². The fourth-order valence-electron chi connectivity index (χ4n) is 2.82. The fourth-order valence-corrected chi connectivity index (χ4v) is 2.82. The number of benzene rings is 1. The number of carbonyl (C=O) groups is 1. The second-order valence-corrected chi connectivity index (χ2v) is 6.27. The number of aliphatic hydroxyl groups is 1. The number of rotatable bonds is 6. The molecule has 1 aliphatic carbocycles. The predicted octanol–water partition coefficient (Wildman–Crippen LogP) is 3.20. The lowest BCUT2D eigenvalue weighted by molar-refractivity contribution is -0.0498.